The zero-order chi connectivity index (χ0) is 21.5. The largest absolute Gasteiger partial charge is 0.383 e. The van der Waals surface area contributed by atoms with Gasteiger partial charge in [0.15, 0.2) is 5.16 Å². The normalized spacial score (nSPS) is 12.2. The summed E-state index contributed by atoms with van der Waals surface area (Å²) in [5.74, 6) is -0.0192. The van der Waals surface area contributed by atoms with Crippen LogP contribution in [0.15, 0.2) is 65.8 Å². The van der Waals surface area contributed by atoms with Crippen molar-refractivity contribution in [3.8, 4) is 0 Å². The van der Waals surface area contributed by atoms with Gasteiger partial charge in [-0.25, -0.2) is 4.98 Å². The molecule has 0 bridgehead atoms. The Balaban J connectivity index is 1.77. The average Bonchev–Trinajstić information content (AvgIpc) is 3.04. The minimum Gasteiger partial charge on any atom is -0.383 e. The summed E-state index contributed by atoms with van der Waals surface area (Å²) in [6, 6.07) is 19.9. The first-order chi connectivity index (χ1) is 14.5. The number of hydrogen-bond acceptors (Lipinski definition) is 4. The van der Waals surface area contributed by atoms with Crippen LogP contribution in [0, 0.1) is 13.8 Å². The molecule has 1 heterocycles. The van der Waals surface area contributed by atoms with E-state index >= 15 is 0 Å². The van der Waals surface area contributed by atoms with E-state index in [1.807, 2.05) is 81.4 Å². The Kier molecular flexibility index (Phi) is 7.71. The number of imidazole rings is 1. The van der Waals surface area contributed by atoms with Crippen LogP contribution in [0.4, 0.5) is 0 Å². The number of amides is 1. The van der Waals surface area contributed by atoms with Gasteiger partial charge in [0.25, 0.3) is 0 Å². The van der Waals surface area contributed by atoms with Crippen LogP contribution in [-0.4, -0.2) is 34.4 Å². The molecule has 0 aliphatic heterocycles. The van der Waals surface area contributed by atoms with Crippen LogP contribution < -0.4 is 5.32 Å². The van der Waals surface area contributed by atoms with E-state index in [0.717, 1.165) is 34.2 Å². The molecule has 1 amide bonds. The summed E-state index contributed by atoms with van der Waals surface area (Å²) in [5.41, 5.74) is 4.20. The third kappa shape index (κ3) is 5.32. The molecule has 2 aromatic carbocycles. The zero-order valence-electron chi connectivity index (χ0n) is 18.0. The molecule has 0 aliphatic carbocycles. The molecule has 6 heteroatoms. The lowest BCUT2D eigenvalue weighted by molar-refractivity contribution is -0.120. The predicted molar refractivity (Wildman–Crippen MR) is 122 cm³/mol. The Morgan fingerprint density at radius 3 is 2.17 bits per heavy atom. The number of nitrogens with zero attached hydrogens (tertiary/aromatic N) is 2. The number of rotatable bonds is 9. The van der Waals surface area contributed by atoms with Crippen LogP contribution in [0.1, 0.15) is 35.5 Å². The van der Waals surface area contributed by atoms with Gasteiger partial charge in [-0.1, -0.05) is 72.4 Å². The van der Waals surface area contributed by atoms with E-state index in [9.17, 15) is 4.79 Å². The lowest BCUT2D eigenvalue weighted by Crippen LogP contribution is -2.35. The minimum absolute atomic E-state index is 0.0192. The second kappa shape index (κ2) is 10.5. The topological polar surface area (TPSA) is 56.1 Å². The highest BCUT2D eigenvalue weighted by atomic mass is 32.2. The van der Waals surface area contributed by atoms with Crippen molar-refractivity contribution in [1.82, 2.24) is 14.9 Å². The quantitative estimate of drug-likeness (QED) is 0.514. The predicted octanol–water partition coefficient (Wildman–Crippen LogP) is 4.53. The number of carbonyl (C=O) groups excluding carboxylic acids is 1. The molecule has 30 heavy (non-hydrogen) atoms. The average molecular weight is 424 g/mol. The van der Waals surface area contributed by atoms with E-state index in [1.54, 1.807) is 7.11 Å². The van der Waals surface area contributed by atoms with E-state index in [0.29, 0.717) is 6.61 Å². The van der Waals surface area contributed by atoms with Crippen LogP contribution in [0.3, 0.4) is 0 Å². The van der Waals surface area contributed by atoms with Crippen LogP contribution in [0.25, 0.3) is 0 Å². The first-order valence-electron chi connectivity index (χ1n) is 10.1. The van der Waals surface area contributed by atoms with Gasteiger partial charge in [0.05, 0.1) is 23.6 Å². The lowest BCUT2D eigenvalue weighted by Gasteiger charge is -2.22. The van der Waals surface area contributed by atoms with Crippen molar-refractivity contribution in [2.24, 2.45) is 0 Å². The smallest absolute Gasteiger partial charge is 0.234 e. The van der Waals surface area contributed by atoms with E-state index in [-0.39, 0.29) is 17.2 Å². The fraction of sp³-hybridized carbons (Fsp3) is 0.333. The SMILES string of the molecule is COCCn1c(SC(C)C(=O)NC(c2ccccc2)c2ccccc2)nc(C)c1C. The van der Waals surface area contributed by atoms with Crippen molar-refractivity contribution >= 4 is 17.7 Å². The summed E-state index contributed by atoms with van der Waals surface area (Å²) in [4.78, 5) is 17.8. The second-order valence-corrected chi connectivity index (χ2v) is 8.54. The summed E-state index contributed by atoms with van der Waals surface area (Å²) in [6.45, 7) is 7.29. The van der Waals surface area contributed by atoms with Crippen LogP contribution in [-0.2, 0) is 16.1 Å². The number of ether oxygens (including phenoxy) is 1. The van der Waals surface area contributed by atoms with E-state index < -0.39 is 0 Å². The molecule has 3 rings (SSSR count). The molecule has 1 atom stereocenters. The van der Waals surface area contributed by atoms with Crippen LogP contribution >= 0.6 is 11.8 Å². The van der Waals surface area contributed by atoms with E-state index in [1.165, 1.54) is 11.8 Å². The Bertz CT molecular complexity index is 918. The zero-order valence-corrected chi connectivity index (χ0v) is 18.8. The number of hydrogen-bond donors (Lipinski definition) is 1. The highest BCUT2D eigenvalue weighted by Gasteiger charge is 2.23. The fourth-order valence-electron chi connectivity index (χ4n) is 3.28. The third-order valence-electron chi connectivity index (χ3n) is 5.15. The van der Waals surface area contributed by atoms with Gasteiger partial charge in [0.2, 0.25) is 5.91 Å². The highest BCUT2D eigenvalue weighted by molar-refractivity contribution is 8.00. The maximum absolute atomic E-state index is 13.1. The van der Waals surface area contributed by atoms with Crippen molar-refractivity contribution in [3.63, 3.8) is 0 Å². The van der Waals surface area contributed by atoms with Gasteiger partial charge < -0.3 is 14.6 Å². The van der Waals surface area contributed by atoms with Crippen molar-refractivity contribution in [2.45, 2.75) is 43.8 Å². The number of aryl methyl sites for hydroxylation is 1. The Morgan fingerprint density at radius 2 is 1.63 bits per heavy atom. The molecule has 0 spiro atoms. The maximum Gasteiger partial charge on any atom is 0.234 e. The van der Waals surface area contributed by atoms with Gasteiger partial charge in [0, 0.05) is 19.3 Å². The number of thioether (sulfide) groups is 1. The van der Waals surface area contributed by atoms with Gasteiger partial charge in [-0.05, 0) is 31.9 Å². The van der Waals surface area contributed by atoms with Gasteiger partial charge in [-0.3, -0.25) is 4.79 Å². The molecular formula is C24H29N3O2S. The summed E-state index contributed by atoms with van der Waals surface area (Å²) in [6.07, 6.45) is 0. The highest BCUT2D eigenvalue weighted by Crippen LogP contribution is 2.27. The van der Waals surface area contributed by atoms with E-state index in [2.05, 4.69) is 14.9 Å². The first-order valence-corrected chi connectivity index (χ1v) is 11.0. The summed E-state index contributed by atoms with van der Waals surface area (Å²) >= 11 is 1.48. The Labute approximate surface area is 182 Å². The second-order valence-electron chi connectivity index (χ2n) is 7.23. The molecule has 0 fully saturated rings. The van der Waals surface area contributed by atoms with Gasteiger partial charge in [-0.2, -0.15) is 0 Å². The number of carbonyl (C=O) groups is 1. The molecule has 0 radical (unpaired) electrons. The standard InChI is InChI=1S/C24H29N3O2S/c1-17-18(2)27(15-16-29-4)24(25-17)30-19(3)23(28)26-22(20-11-7-5-8-12-20)21-13-9-6-10-14-21/h5-14,19,22H,15-16H2,1-4H3,(H,26,28). The lowest BCUT2D eigenvalue weighted by atomic mass is 9.98. The molecule has 1 N–H and O–H groups in total. The first kappa shape index (κ1) is 22.1. The van der Waals surface area contributed by atoms with E-state index in [4.69, 9.17) is 4.74 Å². The summed E-state index contributed by atoms with van der Waals surface area (Å²) < 4.78 is 7.36. The monoisotopic (exact) mass is 423 g/mol. The van der Waals surface area contributed by atoms with Crippen molar-refractivity contribution in [3.05, 3.63) is 83.2 Å². The fourth-order valence-corrected chi connectivity index (χ4v) is 4.32. The van der Waals surface area contributed by atoms with Crippen LogP contribution in [0.2, 0.25) is 0 Å². The molecule has 5 nitrogen and oxygen atoms in total. The third-order valence-corrected chi connectivity index (χ3v) is 6.24. The van der Waals surface area contributed by atoms with Gasteiger partial charge in [0.1, 0.15) is 0 Å². The Morgan fingerprint density at radius 1 is 1.07 bits per heavy atom. The Hall–Kier alpha value is -2.57. The number of benzene rings is 2. The van der Waals surface area contributed by atoms with Crippen molar-refractivity contribution < 1.29 is 9.53 Å². The summed E-state index contributed by atoms with van der Waals surface area (Å²) in [7, 11) is 1.69. The minimum atomic E-state index is -0.289. The molecule has 0 saturated heterocycles. The molecular weight excluding hydrogens is 394 g/mol. The molecule has 0 aliphatic rings. The van der Waals surface area contributed by atoms with Crippen molar-refractivity contribution in [1.29, 1.82) is 0 Å². The number of aromatic nitrogens is 2. The molecule has 158 valence electrons. The maximum atomic E-state index is 13.1. The van der Waals surface area contributed by atoms with Gasteiger partial charge in [-0.15, -0.1) is 0 Å². The molecule has 1 aromatic heterocycles. The molecule has 3 aromatic rings. The molecule has 0 saturated carbocycles. The van der Waals surface area contributed by atoms with Crippen molar-refractivity contribution in [2.75, 3.05) is 13.7 Å². The summed E-state index contributed by atoms with van der Waals surface area (Å²) in [5, 5.41) is 3.79. The molecule has 1 unspecified atom stereocenters. The van der Waals surface area contributed by atoms with Crippen LogP contribution in [0.5, 0.6) is 0 Å². The number of nitrogens with one attached hydrogen (secondary N) is 1. The number of methoxy groups -OCH3 is 1. The van der Waals surface area contributed by atoms with Gasteiger partial charge >= 0.3 is 0 Å².